The van der Waals surface area contributed by atoms with Gasteiger partial charge in [0.25, 0.3) is 0 Å². The van der Waals surface area contributed by atoms with E-state index in [4.69, 9.17) is 5.11 Å². The number of benzene rings is 1. The first kappa shape index (κ1) is 15.4. The summed E-state index contributed by atoms with van der Waals surface area (Å²) in [5.41, 5.74) is 1.07. The van der Waals surface area contributed by atoms with Crippen LogP contribution in [0.5, 0.6) is 0 Å². The summed E-state index contributed by atoms with van der Waals surface area (Å²) >= 11 is 0. The van der Waals surface area contributed by atoms with Gasteiger partial charge in [-0.05, 0) is 37.0 Å². The molecular formula is C15H19FN2O3. The van der Waals surface area contributed by atoms with E-state index in [1.807, 2.05) is 11.8 Å². The summed E-state index contributed by atoms with van der Waals surface area (Å²) in [6.07, 6.45) is 0.901. The standard InChI is InChI=1S/C15H19FN2O3/c1-10-6-12(11-2-4-13(16)5-3-11)8-18(10)9-14(19)17-7-15(20)21/h2-5,10,12H,6-9H2,1H3,(H,17,19)(H,20,21)/t10-,12+/m0/s1. The van der Waals surface area contributed by atoms with Crippen molar-refractivity contribution < 1.29 is 19.1 Å². The van der Waals surface area contributed by atoms with Gasteiger partial charge in [-0.15, -0.1) is 0 Å². The van der Waals surface area contributed by atoms with Crippen LogP contribution in [0.2, 0.25) is 0 Å². The Bertz CT molecular complexity index is 518. The summed E-state index contributed by atoms with van der Waals surface area (Å²) in [7, 11) is 0. The summed E-state index contributed by atoms with van der Waals surface area (Å²) in [6.45, 7) is 2.58. The maximum Gasteiger partial charge on any atom is 0.322 e. The third-order valence-electron chi connectivity index (χ3n) is 3.83. The predicted molar refractivity (Wildman–Crippen MR) is 75.4 cm³/mol. The van der Waals surface area contributed by atoms with Gasteiger partial charge in [0.1, 0.15) is 12.4 Å². The molecule has 0 bridgehead atoms. The number of likely N-dealkylation sites (tertiary alicyclic amines) is 1. The molecule has 1 aromatic rings. The van der Waals surface area contributed by atoms with E-state index in [2.05, 4.69) is 5.32 Å². The van der Waals surface area contributed by atoms with Crippen LogP contribution in [0.3, 0.4) is 0 Å². The third-order valence-corrected chi connectivity index (χ3v) is 3.83. The Kier molecular flexibility index (Phi) is 4.90. The number of rotatable bonds is 5. The van der Waals surface area contributed by atoms with Crippen LogP contribution >= 0.6 is 0 Å². The van der Waals surface area contributed by atoms with Crippen LogP contribution in [-0.2, 0) is 9.59 Å². The van der Waals surface area contributed by atoms with Crippen LogP contribution in [0.1, 0.15) is 24.8 Å². The van der Waals surface area contributed by atoms with Crippen molar-refractivity contribution in [3.8, 4) is 0 Å². The lowest BCUT2D eigenvalue weighted by molar-refractivity contribution is -0.138. The number of carbonyl (C=O) groups is 2. The summed E-state index contributed by atoms with van der Waals surface area (Å²) < 4.78 is 12.9. The fraction of sp³-hybridized carbons (Fsp3) is 0.467. The predicted octanol–water partition coefficient (Wildman–Crippen LogP) is 1.20. The topological polar surface area (TPSA) is 69.6 Å². The lowest BCUT2D eigenvalue weighted by Gasteiger charge is -2.20. The number of nitrogens with zero attached hydrogens (tertiary/aromatic N) is 1. The molecular weight excluding hydrogens is 275 g/mol. The van der Waals surface area contributed by atoms with Gasteiger partial charge >= 0.3 is 5.97 Å². The zero-order chi connectivity index (χ0) is 15.4. The molecule has 0 unspecified atom stereocenters. The van der Waals surface area contributed by atoms with Gasteiger partial charge in [-0.2, -0.15) is 0 Å². The van der Waals surface area contributed by atoms with Crippen LogP contribution in [0.4, 0.5) is 4.39 Å². The molecule has 0 aromatic heterocycles. The Morgan fingerprint density at radius 2 is 2.05 bits per heavy atom. The van der Waals surface area contributed by atoms with Crippen molar-refractivity contribution in [2.45, 2.75) is 25.3 Å². The Hall–Kier alpha value is -1.95. The lowest BCUT2D eigenvalue weighted by atomic mass is 9.97. The first-order chi connectivity index (χ1) is 9.95. The van der Waals surface area contributed by atoms with Gasteiger partial charge in [-0.1, -0.05) is 12.1 Å². The van der Waals surface area contributed by atoms with E-state index in [-0.39, 0.29) is 36.8 Å². The molecule has 1 heterocycles. The van der Waals surface area contributed by atoms with Crippen LogP contribution < -0.4 is 5.32 Å². The zero-order valence-corrected chi connectivity index (χ0v) is 11.9. The van der Waals surface area contributed by atoms with Crippen molar-refractivity contribution in [1.29, 1.82) is 0 Å². The smallest absolute Gasteiger partial charge is 0.322 e. The molecule has 1 aliphatic heterocycles. The highest BCUT2D eigenvalue weighted by atomic mass is 19.1. The molecule has 21 heavy (non-hydrogen) atoms. The second-order valence-corrected chi connectivity index (χ2v) is 5.43. The van der Waals surface area contributed by atoms with Crippen molar-refractivity contribution in [3.63, 3.8) is 0 Å². The molecule has 0 aliphatic carbocycles. The number of carbonyl (C=O) groups excluding carboxylic acids is 1. The van der Waals surface area contributed by atoms with Gasteiger partial charge in [0.2, 0.25) is 5.91 Å². The highest BCUT2D eigenvalue weighted by Crippen LogP contribution is 2.31. The molecule has 1 saturated heterocycles. The molecule has 1 fully saturated rings. The van der Waals surface area contributed by atoms with Crippen LogP contribution in [0.25, 0.3) is 0 Å². The molecule has 114 valence electrons. The van der Waals surface area contributed by atoms with E-state index in [1.54, 1.807) is 12.1 Å². The summed E-state index contributed by atoms with van der Waals surface area (Å²) in [4.78, 5) is 24.1. The summed E-state index contributed by atoms with van der Waals surface area (Å²) in [6, 6.07) is 6.68. The van der Waals surface area contributed by atoms with Gasteiger partial charge < -0.3 is 10.4 Å². The van der Waals surface area contributed by atoms with Gasteiger partial charge in [-0.25, -0.2) is 4.39 Å². The first-order valence-electron chi connectivity index (χ1n) is 6.93. The highest BCUT2D eigenvalue weighted by molar-refractivity contribution is 5.82. The van der Waals surface area contributed by atoms with Crippen molar-refractivity contribution in [1.82, 2.24) is 10.2 Å². The van der Waals surface area contributed by atoms with E-state index >= 15 is 0 Å². The number of hydrogen-bond acceptors (Lipinski definition) is 3. The van der Waals surface area contributed by atoms with E-state index < -0.39 is 5.97 Å². The minimum atomic E-state index is -1.05. The lowest BCUT2D eigenvalue weighted by Crippen LogP contribution is -2.40. The van der Waals surface area contributed by atoms with Crippen LogP contribution in [0, 0.1) is 5.82 Å². The molecule has 2 atom stereocenters. The van der Waals surface area contributed by atoms with E-state index in [1.165, 1.54) is 12.1 Å². The van der Waals surface area contributed by atoms with Crippen molar-refractivity contribution in [2.24, 2.45) is 0 Å². The normalized spacial score (nSPS) is 22.2. The number of carboxylic acid groups (broad SMARTS) is 1. The van der Waals surface area contributed by atoms with Gasteiger partial charge in [-0.3, -0.25) is 14.5 Å². The van der Waals surface area contributed by atoms with Gasteiger partial charge in [0, 0.05) is 12.6 Å². The Balaban J connectivity index is 1.90. The van der Waals surface area contributed by atoms with Crippen LogP contribution in [-0.4, -0.2) is 47.6 Å². The quantitative estimate of drug-likeness (QED) is 0.856. The molecule has 1 aliphatic rings. The largest absolute Gasteiger partial charge is 0.480 e. The SMILES string of the molecule is C[C@H]1C[C@@H](c2ccc(F)cc2)CN1CC(=O)NCC(=O)O. The van der Waals surface area contributed by atoms with Gasteiger partial charge in [0.15, 0.2) is 0 Å². The number of aliphatic carboxylic acids is 1. The van der Waals surface area contributed by atoms with Crippen molar-refractivity contribution >= 4 is 11.9 Å². The molecule has 0 radical (unpaired) electrons. The summed E-state index contributed by atoms with van der Waals surface area (Å²) in [5, 5.41) is 10.9. The number of hydrogen-bond donors (Lipinski definition) is 2. The van der Waals surface area contributed by atoms with E-state index in [0.717, 1.165) is 12.0 Å². The molecule has 0 spiro atoms. The molecule has 1 aromatic carbocycles. The van der Waals surface area contributed by atoms with Crippen molar-refractivity contribution in [3.05, 3.63) is 35.6 Å². The molecule has 2 N–H and O–H groups in total. The molecule has 2 rings (SSSR count). The minimum absolute atomic E-state index is 0.187. The molecule has 0 saturated carbocycles. The van der Waals surface area contributed by atoms with E-state index in [0.29, 0.717) is 6.54 Å². The van der Waals surface area contributed by atoms with Crippen molar-refractivity contribution in [2.75, 3.05) is 19.6 Å². The number of carboxylic acids is 1. The molecule has 5 nitrogen and oxygen atoms in total. The minimum Gasteiger partial charge on any atom is -0.480 e. The van der Waals surface area contributed by atoms with E-state index in [9.17, 15) is 14.0 Å². The van der Waals surface area contributed by atoms with Crippen LogP contribution in [0.15, 0.2) is 24.3 Å². The molecule has 6 heteroatoms. The maximum absolute atomic E-state index is 12.9. The molecule has 1 amide bonds. The average molecular weight is 294 g/mol. The second-order valence-electron chi connectivity index (χ2n) is 5.43. The monoisotopic (exact) mass is 294 g/mol. The van der Waals surface area contributed by atoms with Gasteiger partial charge in [0.05, 0.1) is 6.54 Å². The number of nitrogens with one attached hydrogen (secondary N) is 1. The summed E-state index contributed by atoms with van der Waals surface area (Å²) in [5.74, 6) is -1.33. The third kappa shape index (κ3) is 4.26. The fourth-order valence-electron chi connectivity index (χ4n) is 2.71. The first-order valence-corrected chi connectivity index (χ1v) is 6.93. The highest BCUT2D eigenvalue weighted by Gasteiger charge is 2.31. The zero-order valence-electron chi connectivity index (χ0n) is 11.9. The number of amides is 1. The fourth-order valence-corrected chi connectivity index (χ4v) is 2.71. The second kappa shape index (κ2) is 6.67. The Morgan fingerprint density at radius 3 is 2.67 bits per heavy atom. The number of halogens is 1. The maximum atomic E-state index is 12.9. The Morgan fingerprint density at radius 1 is 1.38 bits per heavy atom. The Labute approximate surface area is 122 Å². The average Bonchev–Trinajstić information content (AvgIpc) is 2.78.